The number of carbonyl (C=O) groups is 11. The lowest BCUT2D eigenvalue weighted by Crippen LogP contribution is -2.62. The van der Waals surface area contributed by atoms with Gasteiger partial charge in [0.2, 0.25) is 65.0 Å². The van der Waals surface area contributed by atoms with Crippen molar-refractivity contribution in [1.29, 1.82) is 0 Å². The summed E-state index contributed by atoms with van der Waals surface area (Å²) in [7, 11) is 8.64. The molecule has 23 nitrogen and oxygen atoms in total. The molecule has 4 rings (SSSR count). The highest BCUT2D eigenvalue weighted by molar-refractivity contribution is 6.00. The second kappa shape index (κ2) is 34.0. The number of hydrogen-bond acceptors (Lipinski definition) is 12. The van der Waals surface area contributed by atoms with Gasteiger partial charge in [0.1, 0.15) is 60.4 Å². The van der Waals surface area contributed by atoms with E-state index in [0.29, 0.717) is 43.5 Å². The van der Waals surface area contributed by atoms with E-state index >= 15 is 19.2 Å². The van der Waals surface area contributed by atoms with Gasteiger partial charge in [-0.2, -0.15) is 0 Å². The number of nitrogens with zero attached hydrogens (tertiary/aromatic N) is 7. The quantitative estimate of drug-likeness (QED) is 0.194. The Balaban J connectivity index is 1.95. The average molecular weight is 1240 g/mol. The molecule has 2 fully saturated rings. The molecule has 23 heteroatoms. The summed E-state index contributed by atoms with van der Waals surface area (Å²) in [6, 6.07) is 4.76. The third-order valence-electron chi connectivity index (χ3n) is 17.7. The minimum absolute atomic E-state index is 0.0109. The van der Waals surface area contributed by atoms with Gasteiger partial charge in [0.25, 0.3) is 0 Å². The van der Waals surface area contributed by atoms with Crippen LogP contribution in [0.25, 0.3) is 0 Å². The second-order valence-corrected chi connectivity index (χ2v) is 25.8. The minimum Gasteiger partial charge on any atom is -0.391 e. The zero-order valence-electron chi connectivity index (χ0n) is 55.8. The maximum atomic E-state index is 15.5. The lowest BCUT2D eigenvalue weighted by molar-refractivity contribution is -0.156. The van der Waals surface area contributed by atoms with Gasteiger partial charge >= 0.3 is 0 Å². The van der Waals surface area contributed by atoms with Crippen molar-refractivity contribution in [3.63, 3.8) is 0 Å². The van der Waals surface area contributed by atoms with Crippen LogP contribution >= 0.6 is 0 Å². The molecule has 2 aromatic rings. The number of likely N-dealkylation sites (tertiary alicyclic amines) is 1. The molecule has 89 heavy (non-hydrogen) atoms. The molecular formula is C66H103N11O12. The molecule has 11 amide bonds. The molecule has 2 aliphatic heterocycles. The van der Waals surface area contributed by atoms with E-state index in [-0.39, 0.29) is 37.5 Å². The van der Waals surface area contributed by atoms with Crippen molar-refractivity contribution in [3.05, 3.63) is 71.8 Å². The Kier molecular flexibility index (Phi) is 28.2. The summed E-state index contributed by atoms with van der Waals surface area (Å²) in [4.78, 5) is 172. The summed E-state index contributed by atoms with van der Waals surface area (Å²) < 4.78 is 0. The van der Waals surface area contributed by atoms with Crippen LogP contribution in [0.5, 0.6) is 0 Å². The largest absolute Gasteiger partial charge is 0.391 e. The number of aliphatic hydroxyl groups is 1. The van der Waals surface area contributed by atoms with Gasteiger partial charge in [-0.15, -0.1) is 0 Å². The van der Waals surface area contributed by atoms with E-state index < -0.39 is 150 Å². The zero-order valence-corrected chi connectivity index (χ0v) is 55.8. The van der Waals surface area contributed by atoms with Gasteiger partial charge in [-0.3, -0.25) is 52.7 Å². The number of amides is 11. The van der Waals surface area contributed by atoms with Crippen LogP contribution in [0.15, 0.2) is 60.7 Å². The van der Waals surface area contributed by atoms with Gasteiger partial charge in [-0.1, -0.05) is 122 Å². The summed E-state index contributed by atoms with van der Waals surface area (Å²) in [5, 5.41) is 21.9. The van der Waals surface area contributed by atoms with Crippen LogP contribution in [0.4, 0.5) is 0 Å². The normalized spacial score (nSPS) is 26.5. The maximum absolute atomic E-state index is 15.5. The Labute approximate surface area is 527 Å². The van der Waals surface area contributed by atoms with Crippen molar-refractivity contribution >= 4 is 65.0 Å². The van der Waals surface area contributed by atoms with Crippen molar-refractivity contribution in [2.75, 3.05) is 55.4 Å². The summed E-state index contributed by atoms with van der Waals surface area (Å²) in [6.07, 6.45) is 0.612. The third kappa shape index (κ3) is 19.8. The maximum Gasteiger partial charge on any atom is 0.246 e. The third-order valence-corrected chi connectivity index (χ3v) is 17.7. The molecular weight excluding hydrogens is 1140 g/mol. The number of aliphatic hydroxyl groups excluding tert-OH is 1. The predicted molar refractivity (Wildman–Crippen MR) is 339 cm³/mol. The summed E-state index contributed by atoms with van der Waals surface area (Å²) >= 11 is 0. The molecule has 0 saturated carbocycles. The number of benzene rings is 2. The first-order valence-electron chi connectivity index (χ1n) is 31.6. The van der Waals surface area contributed by atoms with Gasteiger partial charge in [0.15, 0.2) is 0 Å². The van der Waals surface area contributed by atoms with Crippen molar-refractivity contribution < 1.29 is 57.8 Å². The van der Waals surface area contributed by atoms with E-state index in [1.807, 2.05) is 39.8 Å². The number of carbonyl (C=O) groups excluding carboxylic acids is 11. The Hall–Kier alpha value is -7.43. The highest BCUT2D eigenvalue weighted by Gasteiger charge is 2.44. The molecule has 0 spiro atoms. The van der Waals surface area contributed by atoms with Gasteiger partial charge in [-0.25, -0.2) is 0 Å². The van der Waals surface area contributed by atoms with Crippen LogP contribution in [0.1, 0.15) is 132 Å². The molecule has 12 atom stereocenters. The zero-order chi connectivity index (χ0) is 66.9. The molecule has 0 radical (unpaired) electrons. The van der Waals surface area contributed by atoms with E-state index in [4.69, 9.17) is 0 Å². The van der Waals surface area contributed by atoms with Gasteiger partial charge in [-0.05, 0) is 87.7 Å². The number of hydrogen-bond donors (Lipinski definition) is 5. The monoisotopic (exact) mass is 1240 g/mol. The fraction of sp³-hybridized carbons (Fsp3) is 0.652. The molecule has 5 N–H and O–H groups in total. The van der Waals surface area contributed by atoms with Crippen molar-refractivity contribution in [2.24, 2.45) is 23.7 Å². The highest BCUT2D eigenvalue weighted by Crippen LogP contribution is 2.24. The molecule has 0 bridgehead atoms. The molecule has 0 aliphatic carbocycles. The Bertz CT molecular complexity index is 2760. The molecule has 2 heterocycles. The molecule has 494 valence electrons. The standard InChI is InChI=1S/C66H103N11O12/c1-18-42(8)55-58(81)67-48(61(84)77-32-26-21-27-33-77)38-53(79)68-54(41(6)7)66(89)76(17)50(35-40(4)5)63(86)72(13)44(10)60(83)73(14)51(36-46-28-22-19-23-29-46)64(87)75(16)52(37-47-30-24-20-25-31-47)65(88)74(15)49(34-39(2)3)62(85)71(12)43(9)57(80)70-56(45(11)78)59(82)69-55/h19-20,22-25,28-31,39-45,48-52,54-56,78H,18,21,26-27,32-38H2,1-17H3,(H,67,81)(H,68,79)(H,69,82)(H,70,80)/t42-,43-,44-,45+,48-,49-,50-,51-,52-,54+,55-,56-/m0/s1. The Morgan fingerprint density at radius 1 is 0.483 bits per heavy atom. The lowest BCUT2D eigenvalue weighted by Gasteiger charge is -2.40. The number of nitrogens with one attached hydrogen (secondary N) is 4. The van der Waals surface area contributed by atoms with Crippen LogP contribution in [-0.4, -0.2) is 226 Å². The summed E-state index contributed by atoms with van der Waals surface area (Å²) in [5.41, 5.74) is 1.36. The van der Waals surface area contributed by atoms with E-state index in [0.717, 1.165) is 11.3 Å². The average Bonchev–Trinajstić information content (AvgIpc) is 2.67. The molecule has 2 aliphatic rings. The molecule has 2 saturated heterocycles. The van der Waals surface area contributed by atoms with E-state index in [9.17, 15) is 38.7 Å². The van der Waals surface area contributed by atoms with Crippen LogP contribution in [0, 0.1) is 23.7 Å². The lowest BCUT2D eigenvalue weighted by atomic mass is 9.96. The van der Waals surface area contributed by atoms with E-state index in [2.05, 4.69) is 21.3 Å². The Morgan fingerprint density at radius 3 is 1.33 bits per heavy atom. The van der Waals surface area contributed by atoms with Crippen LogP contribution in [0.2, 0.25) is 0 Å². The van der Waals surface area contributed by atoms with Crippen LogP contribution < -0.4 is 21.3 Å². The second-order valence-electron chi connectivity index (χ2n) is 25.8. The first-order chi connectivity index (χ1) is 41.7. The van der Waals surface area contributed by atoms with Crippen LogP contribution in [0.3, 0.4) is 0 Å². The topological polar surface area (TPSA) is 279 Å². The fourth-order valence-corrected chi connectivity index (χ4v) is 11.3. The molecule has 0 unspecified atom stereocenters. The number of piperidine rings is 1. The predicted octanol–water partition coefficient (Wildman–Crippen LogP) is 3.00. The minimum atomic E-state index is -1.68. The van der Waals surface area contributed by atoms with Gasteiger partial charge < -0.3 is 60.7 Å². The van der Waals surface area contributed by atoms with Gasteiger partial charge in [0, 0.05) is 68.2 Å². The number of rotatable bonds is 13. The number of likely N-dealkylation sites (N-methyl/N-ethyl adjacent to an activating group) is 6. The van der Waals surface area contributed by atoms with Crippen molar-refractivity contribution in [2.45, 2.75) is 200 Å². The molecule has 0 aromatic heterocycles. The van der Waals surface area contributed by atoms with E-state index in [1.54, 1.807) is 81.1 Å². The first-order valence-corrected chi connectivity index (χ1v) is 31.6. The summed E-state index contributed by atoms with van der Waals surface area (Å²) in [5.74, 6) is -9.31. The SMILES string of the molecule is CC[C@H](C)[C@@H]1NC(=O)[C@H]([C@@H](C)O)NC(=O)[C@H](C)N(C)C(=O)[C@H](CC(C)C)N(C)C(=O)[C@H](Cc2ccccc2)N(C)C(=O)[C@H](Cc2ccccc2)N(C)C(=O)[C@H](C)N(C)C(=O)[C@H](CC(C)C)N(C)C(=O)[C@@H](C(C)C)NC(=O)C[C@@H](C(=O)N2CCCCC2)NC1=O. The highest BCUT2D eigenvalue weighted by atomic mass is 16.3. The summed E-state index contributed by atoms with van der Waals surface area (Å²) in [6.45, 7) is 19.3. The van der Waals surface area contributed by atoms with Crippen molar-refractivity contribution in [3.8, 4) is 0 Å². The van der Waals surface area contributed by atoms with Gasteiger partial charge in [0.05, 0.1) is 12.5 Å². The first kappa shape index (κ1) is 74.0. The van der Waals surface area contributed by atoms with Crippen LogP contribution in [-0.2, 0) is 65.6 Å². The Morgan fingerprint density at radius 2 is 0.888 bits per heavy atom. The fourth-order valence-electron chi connectivity index (χ4n) is 11.3. The van der Waals surface area contributed by atoms with E-state index in [1.165, 1.54) is 87.6 Å². The smallest absolute Gasteiger partial charge is 0.246 e. The molecule has 2 aromatic carbocycles. The van der Waals surface area contributed by atoms with Crippen molar-refractivity contribution in [1.82, 2.24) is 55.6 Å².